The van der Waals surface area contributed by atoms with Gasteiger partial charge in [-0.1, -0.05) is 35.9 Å². The second-order valence-corrected chi connectivity index (χ2v) is 6.91. The van der Waals surface area contributed by atoms with Crippen molar-refractivity contribution in [2.45, 2.75) is 31.8 Å². The SMILES string of the molecule is C[C@H](NCC(=O)Nc1cccc(C(=O)NC2CC2)c1)c1ccccc1Cl. The van der Waals surface area contributed by atoms with E-state index in [9.17, 15) is 9.59 Å². The Kier molecular flexibility index (Phi) is 5.91. The fraction of sp³-hybridized carbons (Fsp3) is 0.300. The standard InChI is InChI=1S/C20H22ClN3O2/c1-13(17-7-2-3-8-18(17)21)22-12-19(25)23-16-6-4-5-14(11-16)20(26)24-15-9-10-15/h2-8,11,13,15,22H,9-10,12H2,1H3,(H,23,25)(H,24,26)/t13-/m0/s1. The van der Waals surface area contributed by atoms with Crippen molar-refractivity contribution in [1.29, 1.82) is 0 Å². The second-order valence-electron chi connectivity index (χ2n) is 6.50. The minimum absolute atomic E-state index is 0.0508. The Morgan fingerprint density at radius 1 is 1.15 bits per heavy atom. The lowest BCUT2D eigenvalue weighted by Gasteiger charge is -2.15. The predicted molar refractivity (Wildman–Crippen MR) is 103 cm³/mol. The van der Waals surface area contributed by atoms with Gasteiger partial charge in [-0.15, -0.1) is 0 Å². The van der Waals surface area contributed by atoms with Gasteiger partial charge in [0, 0.05) is 28.4 Å². The van der Waals surface area contributed by atoms with Crippen LogP contribution in [0.1, 0.15) is 41.7 Å². The van der Waals surface area contributed by atoms with Gasteiger partial charge < -0.3 is 16.0 Å². The summed E-state index contributed by atoms with van der Waals surface area (Å²) in [5, 5.41) is 9.58. The van der Waals surface area contributed by atoms with Crippen molar-refractivity contribution in [2.75, 3.05) is 11.9 Å². The van der Waals surface area contributed by atoms with Crippen LogP contribution in [0.3, 0.4) is 0 Å². The van der Waals surface area contributed by atoms with Crippen LogP contribution >= 0.6 is 11.6 Å². The first-order valence-corrected chi connectivity index (χ1v) is 9.09. The monoisotopic (exact) mass is 371 g/mol. The smallest absolute Gasteiger partial charge is 0.251 e. The zero-order valence-electron chi connectivity index (χ0n) is 14.6. The molecule has 136 valence electrons. The van der Waals surface area contributed by atoms with Crippen molar-refractivity contribution in [3.63, 3.8) is 0 Å². The molecule has 0 radical (unpaired) electrons. The molecular formula is C20H22ClN3O2. The Morgan fingerprint density at radius 3 is 2.65 bits per heavy atom. The molecule has 3 rings (SSSR count). The van der Waals surface area contributed by atoms with E-state index in [1.165, 1.54) is 0 Å². The van der Waals surface area contributed by atoms with Crippen LogP contribution in [-0.2, 0) is 4.79 Å². The first-order chi connectivity index (χ1) is 12.5. The molecule has 2 aromatic carbocycles. The lowest BCUT2D eigenvalue weighted by Crippen LogP contribution is -2.30. The van der Waals surface area contributed by atoms with Crippen molar-refractivity contribution in [3.05, 3.63) is 64.7 Å². The Balaban J connectivity index is 1.53. The van der Waals surface area contributed by atoms with Gasteiger partial charge in [-0.2, -0.15) is 0 Å². The Bertz CT molecular complexity index is 805. The van der Waals surface area contributed by atoms with Crippen LogP contribution in [-0.4, -0.2) is 24.4 Å². The molecule has 0 unspecified atom stereocenters. The Morgan fingerprint density at radius 2 is 1.92 bits per heavy atom. The normalized spacial score (nSPS) is 14.5. The van der Waals surface area contributed by atoms with Crippen LogP contribution < -0.4 is 16.0 Å². The molecule has 0 spiro atoms. The molecule has 0 saturated heterocycles. The molecule has 1 atom stereocenters. The average molecular weight is 372 g/mol. The molecule has 2 amide bonds. The predicted octanol–water partition coefficient (Wildman–Crippen LogP) is 3.52. The topological polar surface area (TPSA) is 70.2 Å². The van der Waals surface area contributed by atoms with Gasteiger partial charge in [0.05, 0.1) is 6.54 Å². The van der Waals surface area contributed by atoms with Gasteiger partial charge in [-0.05, 0) is 49.6 Å². The second kappa shape index (κ2) is 8.34. The number of carbonyl (C=O) groups excluding carboxylic acids is 2. The van der Waals surface area contributed by atoms with E-state index in [1.54, 1.807) is 24.3 Å². The minimum Gasteiger partial charge on any atom is -0.349 e. The van der Waals surface area contributed by atoms with Crippen molar-refractivity contribution in [1.82, 2.24) is 10.6 Å². The molecule has 6 heteroatoms. The third-order valence-electron chi connectivity index (χ3n) is 4.26. The van der Waals surface area contributed by atoms with E-state index < -0.39 is 0 Å². The highest BCUT2D eigenvalue weighted by molar-refractivity contribution is 6.31. The minimum atomic E-state index is -0.177. The van der Waals surface area contributed by atoms with Crippen LogP contribution in [0.15, 0.2) is 48.5 Å². The molecule has 5 nitrogen and oxygen atoms in total. The van der Waals surface area contributed by atoms with Crippen LogP contribution in [0.4, 0.5) is 5.69 Å². The van der Waals surface area contributed by atoms with Crippen LogP contribution in [0.5, 0.6) is 0 Å². The van der Waals surface area contributed by atoms with E-state index >= 15 is 0 Å². The van der Waals surface area contributed by atoms with Gasteiger partial charge in [0.1, 0.15) is 0 Å². The van der Waals surface area contributed by atoms with Crippen molar-refractivity contribution in [2.24, 2.45) is 0 Å². The van der Waals surface area contributed by atoms with Gasteiger partial charge in [0.2, 0.25) is 5.91 Å². The zero-order valence-corrected chi connectivity index (χ0v) is 15.3. The number of carbonyl (C=O) groups is 2. The summed E-state index contributed by atoms with van der Waals surface area (Å²) in [5.74, 6) is -0.280. The summed E-state index contributed by atoms with van der Waals surface area (Å²) in [7, 11) is 0. The van der Waals surface area contributed by atoms with Crippen molar-refractivity contribution in [3.8, 4) is 0 Å². The van der Waals surface area contributed by atoms with E-state index in [0.717, 1.165) is 18.4 Å². The summed E-state index contributed by atoms with van der Waals surface area (Å²) in [6, 6.07) is 14.8. The number of amides is 2. The highest BCUT2D eigenvalue weighted by atomic mass is 35.5. The van der Waals surface area contributed by atoms with E-state index in [1.807, 2.05) is 31.2 Å². The number of halogens is 1. The molecule has 0 bridgehead atoms. The lowest BCUT2D eigenvalue weighted by molar-refractivity contribution is -0.115. The number of anilines is 1. The molecule has 1 saturated carbocycles. The van der Waals surface area contributed by atoms with E-state index in [2.05, 4.69) is 16.0 Å². The molecular weight excluding hydrogens is 350 g/mol. The quantitative estimate of drug-likeness (QED) is 0.697. The molecule has 26 heavy (non-hydrogen) atoms. The maximum absolute atomic E-state index is 12.2. The summed E-state index contributed by atoms with van der Waals surface area (Å²) < 4.78 is 0. The first kappa shape index (κ1) is 18.4. The average Bonchev–Trinajstić information content (AvgIpc) is 3.44. The summed E-state index contributed by atoms with van der Waals surface area (Å²) in [5.41, 5.74) is 2.10. The van der Waals surface area contributed by atoms with E-state index in [4.69, 9.17) is 11.6 Å². The largest absolute Gasteiger partial charge is 0.349 e. The van der Waals surface area contributed by atoms with Crippen LogP contribution in [0.25, 0.3) is 0 Å². The highest BCUT2D eigenvalue weighted by Crippen LogP contribution is 2.22. The molecule has 0 aromatic heterocycles. The number of hydrogen-bond acceptors (Lipinski definition) is 3. The van der Waals surface area contributed by atoms with Gasteiger partial charge in [-0.25, -0.2) is 0 Å². The summed E-state index contributed by atoms with van der Waals surface area (Å²) in [4.78, 5) is 24.3. The molecule has 2 aromatic rings. The Hall–Kier alpha value is -2.37. The number of benzene rings is 2. The van der Waals surface area contributed by atoms with Gasteiger partial charge in [-0.3, -0.25) is 9.59 Å². The van der Waals surface area contributed by atoms with Gasteiger partial charge >= 0.3 is 0 Å². The maximum Gasteiger partial charge on any atom is 0.251 e. The van der Waals surface area contributed by atoms with Crippen LogP contribution in [0.2, 0.25) is 5.02 Å². The first-order valence-electron chi connectivity index (χ1n) is 8.71. The van der Waals surface area contributed by atoms with Crippen molar-refractivity contribution >= 4 is 29.1 Å². The molecule has 0 aliphatic heterocycles. The maximum atomic E-state index is 12.2. The Labute approximate surface area is 158 Å². The number of nitrogens with one attached hydrogen (secondary N) is 3. The van der Waals surface area contributed by atoms with E-state index in [-0.39, 0.29) is 24.4 Å². The van der Waals surface area contributed by atoms with E-state index in [0.29, 0.717) is 22.3 Å². The zero-order chi connectivity index (χ0) is 18.5. The third kappa shape index (κ3) is 5.07. The van der Waals surface area contributed by atoms with Gasteiger partial charge in [0.15, 0.2) is 0 Å². The summed E-state index contributed by atoms with van der Waals surface area (Å²) in [6.07, 6.45) is 2.08. The third-order valence-corrected chi connectivity index (χ3v) is 4.61. The summed E-state index contributed by atoms with van der Waals surface area (Å²) >= 11 is 6.17. The lowest BCUT2D eigenvalue weighted by atomic mass is 10.1. The number of hydrogen-bond donors (Lipinski definition) is 3. The summed E-state index contributed by atoms with van der Waals surface area (Å²) in [6.45, 7) is 2.10. The molecule has 1 fully saturated rings. The van der Waals surface area contributed by atoms with Gasteiger partial charge in [0.25, 0.3) is 5.91 Å². The number of rotatable bonds is 7. The van der Waals surface area contributed by atoms with Crippen molar-refractivity contribution < 1.29 is 9.59 Å². The molecule has 1 aliphatic carbocycles. The van der Waals surface area contributed by atoms with Crippen LogP contribution in [0, 0.1) is 0 Å². The fourth-order valence-electron chi connectivity index (χ4n) is 2.62. The molecule has 3 N–H and O–H groups in total. The fourth-order valence-corrected chi connectivity index (χ4v) is 2.92. The highest BCUT2D eigenvalue weighted by Gasteiger charge is 2.23. The molecule has 1 aliphatic rings. The molecule has 0 heterocycles.